The lowest BCUT2D eigenvalue weighted by atomic mass is 10.2. The molecule has 0 amide bonds. The molecule has 0 aliphatic rings. The monoisotopic (exact) mass is 192 g/mol. The highest BCUT2D eigenvalue weighted by molar-refractivity contribution is 8.19. The minimum Gasteiger partial charge on any atom is -0.288 e. The van der Waals surface area contributed by atoms with Crippen LogP contribution in [-0.2, 0) is 9.43 Å². The molecule has 4 heteroatoms. The van der Waals surface area contributed by atoms with Crippen molar-refractivity contribution in [3.63, 3.8) is 0 Å². The normalized spacial score (nSPS) is 13.0. The average molecular weight is 193 g/mol. The van der Waals surface area contributed by atoms with E-state index in [2.05, 4.69) is 0 Å². The van der Waals surface area contributed by atoms with Gasteiger partial charge in [0.2, 0.25) is 0 Å². The molecular weight excluding hydrogens is 184 g/mol. The smallest absolute Gasteiger partial charge is 0.0670 e. The molecule has 0 radical (unpaired) electrons. The van der Waals surface area contributed by atoms with Gasteiger partial charge in [0.1, 0.15) is 0 Å². The first-order chi connectivity index (χ1) is 5.00. The molecule has 0 saturated carbocycles. The van der Waals surface area contributed by atoms with Crippen molar-refractivity contribution in [1.82, 2.24) is 0 Å². The summed E-state index contributed by atoms with van der Waals surface area (Å²) in [6.45, 7) is 1.90. The Balaban J connectivity index is 3.09. The van der Waals surface area contributed by atoms with E-state index in [0.717, 1.165) is 5.56 Å². The van der Waals surface area contributed by atoms with Crippen LogP contribution in [0.2, 0.25) is 0 Å². The summed E-state index contributed by atoms with van der Waals surface area (Å²) < 4.78 is 19.7. The number of halogens is 1. The van der Waals surface area contributed by atoms with Gasteiger partial charge in [-0.15, -0.1) is 9.43 Å². The zero-order valence-electron chi connectivity index (χ0n) is 5.99. The Hall–Kier alpha value is -0.380. The molecule has 11 heavy (non-hydrogen) atoms. The molecular formula is C7H9ClO2S. The highest BCUT2D eigenvalue weighted by atomic mass is 35.7. The van der Waals surface area contributed by atoms with E-state index in [1.807, 2.05) is 6.92 Å². The fraction of sp³-hybridized carbons (Fsp3) is 0.143. The number of aryl methyl sites for hydroxylation is 1. The second kappa shape index (κ2) is 2.93. The first-order valence-corrected chi connectivity index (χ1v) is 5.66. The minimum absolute atomic E-state index is 0.282. The minimum atomic E-state index is -3.57. The predicted octanol–water partition coefficient (Wildman–Crippen LogP) is 2.00. The van der Waals surface area contributed by atoms with Crippen LogP contribution in [0.5, 0.6) is 0 Å². The van der Waals surface area contributed by atoms with Gasteiger partial charge in [-0.3, -0.25) is 4.55 Å². The Morgan fingerprint density at radius 3 is 2.18 bits per heavy atom. The average Bonchev–Trinajstić information content (AvgIpc) is 1.86. The second-order valence-corrected chi connectivity index (χ2v) is 5.23. The topological polar surface area (TPSA) is 37.3 Å². The van der Waals surface area contributed by atoms with E-state index in [9.17, 15) is 4.21 Å². The quantitative estimate of drug-likeness (QED) is 0.528. The van der Waals surface area contributed by atoms with Crippen LogP contribution in [0, 0.1) is 6.92 Å². The van der Waals surface area contributed by atoms with Gasteiger partial charge in [0, 0.05) is 10.7 Å². The largest absolute Gasteiger partial charge is 0.288 e. The van der Waals surface area contributed by atoms with Crippen LogP contribution >= 0.6 is 10.7 Å². The molecule has 0 heterocycles. The Morgan fingerprint density at radius 2 is 1.82 bits per heavy atom. The van der Waals surface area contributed by atoms with E-state index in [1.165, 1.54) is 0 Å². The van der Waals surface area contributed by atoms with Crippen LogP contribution in [0.15, 0.2) is 29.2 Å². The van der Waals surface area contributed by atoms with E-state index in [0.29, 0.717) is 0 Å². The first kappa shape index (κ1) is 8.71. The van der Waals surface area contributed by atoms with Crippen molar-refractivity contribution in [2.24, 2.45) is 0 Å². The number of thiol groups is 1. The molecule has 1 aromatic carbocycles. The van der Waals surface area contributed by atoms with Gasteiger partial charge in [-0.05, 0) is 19.1 Å². The van der Waals surface area contributed by atoms with Crippen LogP contribution in [-0.4, -0.2) is 8.76 Å². The zero-order valence-corrected chi connectivity index (χ0v) is 7.64. The van der Waals surface area contributed by atoms with Crippen molar-refractivity contribution in [3.05, 3.63) is 29.8 Å². The van der Waals surface area contributed by atoms with E-state index in [4.69, 9.17) is 15.2 Å². The molecule has 2 nitrogen and oxygen atoms in total. The molecule has 0 fully saturated rings. The van der Waals surface area contributed by atoms with Crippen LogP contribution in [0.1, 0.15) is 5.56 Å². The highest BCUT2D eigenvalue weighted by Gasteiger charge is 2.02. The second-order valence-electron chi connectivity index (χ2n) is 2.34. The lowest BCUT2D eigenvalue weighted by molar-refractivity contribution is 0.557. The maximum absolute atomic E-state index is 10.8. The first-order valence-electron chi connectivity index (χ1n) is 3.10. The molecule has 0 spiro atoms. The molecule has 0 bridgehead atoms. The molecule has 0 saturated heterocycles. The van der Waals surface area contributed by atoms with Gasteiger partial charge in [0.25, 0.3) is 0 Å². The van der Waals surface area contributed by atoms with Gasteiger partial charge < -0.3 is 0 Å². The van der Waals surface area contributed by atoms with Crippen LogP contribution in [0.4, 0.5) is 0 Å². The van der Waals surface area contributed by atoms with Gasteiger partial charge in [-0.25, -0.2) is 0 Å². The highest BCUT2D eigenvalue weighted by Crippen LogP contribution is 2.19. The van der Waals surface area contributed by atoms with E-state index in [-0.39, 0.29) is 4.90 Å². The van der Waals surface area contributed by atoms with Crippen LogP contribution in [0.3, 0.4) is 0 Å². The molecule has 62 valence electrons. The molecule has 1 rings (SSSR count). The van der Waals surface area contributed by atoms with Crippen molar-refractivity contribution in [2.75, 3.05) is 0 Å². The third-order valence-corrected chi connectivity index (χ3v) is 2.87. The molecule has 0 aliphatic carbocycles. The zero-order chi connectivity index (χ0) is 8.48. The van der Waals surface area contributed by atoms with Crippen LogP contribution in [0.25, 0.3) is 0 Å². The van der Waals surface area contributed by atoms with Crippen molar-refractivity contribution in [1.29, 1.82) is 0 Å². The Labute approximate surface area is 70.9 Å². The van der Waals surface area contributed by atoms with E-state index >= 15 is 0 Å². The van der Waals surface area contributed by atoms with E-state index < -0.39 is 9.43 Å². The SMILES string of the molecule is Cc1ccc([SH](=O)(O)Cl)cc1. The van der Waals surface area contributed by atoms with Crippen molar-refractivity contribution < 1.29 is 8.76 Å². The van der Waals surface area contributed by atoms with Crippen molar-refractivity contribution >= 4 is 20.1 Å². The standard InChI is InChI=1S/C7H9ClO2S/c1-6-2-4-7(5-3-6)11(8,9)10/h2-5,11H,1H3,(H,9,10). The van der Waals surface area contributed by atoms with Gasteiger partial charge in [-0.1, -0.05) is 17.7 Å². The fourth-order valence-corrected chi connectivity index (χ4v) is 1.58. The van der Waals surface area contributed by atoms with Crippen LogP contribution < -0.4 is 0 Å². The molecule has 0 unspecified atom stereocenters. The number of hydrogen-bond acceptors (Lipinski definition) is 1. The summed E-state index contributed by atoms with van der Waals surface area (Å²) in [5, 5.41) is 0. The van der Waals surface area contributed by atoms with Crippen molar-refractivity contribution in [3.8, 4) is 0 Å². The molecule has 0 atom stereocenters. The van der Waals surface area contributed by atoms with Gasteiger partial charge >= 0.3 is 0 Å². The maximum atomic E-state index is 10.8. The summed E-state index contributed by atoms with van der Waals surface area (Å²) in [7, 11) is 1.66. The van der Waals surface area contributed by atoms with E-state index in [1.54, 1.807) is 24.3 Å². The summed E-state index contributed by atoms with van der Waals surface area (Å²) in [6, 6.07) is 6.62. The third kappa shape index (κ3) is 2.29. The predicted molar refractivity (Wildman–Crippen MR) is 47.5 cm³/mol. The van der Waals surface area contributed by atoms with Gasteiger partial charge in [0.05, 0.1) is 4.90 Å². The van der Waals surface area contributed by atoms with Gasteiger partial charge in [-0.2, -0.15) is 4.21 Å². The summed E-state index contributed by atoms with van der Waals surface area (Å²) in [5.74, 6) is 0. The number of rotatable bonds is 1. The Morgan fingerprint density at radius 1 is 1.36 bits per heavy atom. The Kier molecular flexibility index (Phi) is 2.32. The molecule has 0 aromatic heterocycles. The number of benzene rings is 1. The molecule has 1 N–H and O–H groups in total. The van der Waals surface area contributed by atoms with Crippen molar-refractivity contribution in [2.45, 2.75) is 11.8 Å². The summed E-state index contributed by atoms with van der Waals surface area (Å²) >= 11 is 0. The maximum Gasteiger partial charge on any atom is 0.0670 e. The summed E-state index contributed by atoms with van der Waals surface area (Å²) in [6.07, 6.45) is 0. The third-order valence-electron chi connectivity index (χ3n) is 1.35. The lowest BCUT2D eigenvalue weighted by Crippen LogP contribution is -1.99. The molecule has 1 aromatic rings. The molecule has 0 aliphatic heterocycles. The summed E-state index contributed by atoms with van der Waals surface area (Å²) in [4.78, 5) is 0.282. The summed E-state index contributed by atoms with van der Waals surface area (Å²) in [5.41, 5.74) is 1.04. The van der Waals surface area contributed by atoms with Gasteiger partial charge in [0.15, 0.2) is 0 Å². The fourth-order valence-electron chi connectivity index (χ4n) is 0.729. The Bertz CT molecular complexity index is 288. The lowest BCUT2D eigenvalue weighted by Gasteiger charge is -2.12. The number of hydrogen-bond donors (Lipinski definition) is 2.